The molecule has 1 aliphatic rings. The minimum Gasteiger partial charge on any atom is -0.462 e. The lowest BCUT2D eigenvalue weighted by Crippen LogP contribution is -2.20. The van der Waals surface area contributed by atoms with Gasteiger partial charge in [0.1, 0.15) is 9.89 Å². The van der Waals surface area contributed by atoms with E-state index >= 15 is 0 Å². The van der Waals surface area contributed by atoms with Gasteiger partial charge in [0.25, 0.3) is 5.91 Å². The van der Waals surface area contributed by atoms with Crippen molar-refractivity contribution in [3.8, 4) is 0 Å². The highest BCUT2D eigenvalue weighted by Gasteiger charge is 2.32. The van der Waals surface area contributed by atoms with Gasteiger partial charge in [0, 0.05) is 11.1 Å². The fourth-order valence-corrected chi connectivity index (χ4v) is 4.02. The van der Waals surface area contributed by atoms with Crippen LogP contribution >= 0.6 is 35.3 Å². The van der Waals surface area contributed by atoms with Crippen LogP contribution < -0.4 is 16.0 Å². The van der Waals surface area contributed by atoms with Crippen molar-refractivity contribution in [2.75, 3.05) is 17.2 Å². The zero-order chi connectivity index (χ0) is 20.1. The molecular weight excluding hydrogens is 420 g/mol. The molecular formula is C17H14N4O4S3. The third-order valence-corrected chi connectivity index (χ3v) is 5.33. The van der Waals surface area contributed by atoms with Gasteiger partial charge in [-0.2, -0.15) is 0 Å². The molecule has 0 bridgehead atoms. The number of ether oxygens (including phenoxy) is 1. The molecule has 0 radical (unpaired) electrons. The molecule has 0 atom stereocenters. The van der Waals surface area contributed by atoms with Crippen molar-refractivity contribution in [1.82, 2.24) is 10.3 Å². The Morgan fingerprint density at radius 3 is 2.64 bits per heavy atom. The first-order chi connectivity index (χ1) is 13.5. The van der Waals surface area contributed by atoms with Crippen molar-refractivity contribution in [3.63, 3.8) is 0 Å². The molecule has 1 saturated heterocycles. The van der Waals surface area contributed by atoms with Gasteiger partial charge in [0.15, 0.2) is 5.13 Å². The lowest BCUT2D eigenvalue weighted by Gasteiger charge is -2.07. The highest BCUT2D eigenvalue weighted by Crippen LogP contribution is 2.34. The summed E-state index contributed by atoms with van der Waals surface area (Å²) >= 11 is 7.06. The number of thioether (sulfide) groups is 1. The molecule has 1 aromatic carbocycles. The van der Waals surface area contributed by atoms with Gasteiger partial charge >= 0.3 is 12.0 Å². The van der Waals surface area contributed by atoms with Crippen molar-refractivity contribution < 1.29 is 19.1 Å². The summed E-state index contributed by atoms with van der Waals surface area (Å²) in [5.41, 5.74) is 0.858. The van der Waals surface area contributed by atoms with Crippen LogP contribution in [0.15, 0.2) is 40.6 Å². The fourth-order valence-electron chi connectivity index (χ4n) is 2.22. The Bertz CT molecular complexity index is 972. The van der Waals surface area contributed by atoms with Crippen molar-refractivity contribution in [2.45, 2.75) is 6.92 Å². The zero-order valence-corrected chi connectivity index (χ0v) is 16.9. The summed E-state index contributed by atoms with van der Waals surface area (Å²) in [6.07, 6.45) is 0. The Morgan fingerprint density at radius 1 is 1.25 bits per heavy atom. The van der Waals surface area contributed by atoms with Gasteiger partial charge in [-0.3, -0.25) is 10.1 Å². The second-order valence-electron chi connectivity index (χ2n) is 5.25. The first-order valence-corrected chi connectivity index (χ1v) is 10.1. The summed E-state index contributed by atoms with van der Waals surface area (Å²) in [4.78, 5) is 41.0. The summed E-state index contributed by atoms with van der Waals surface area (Å²) < 4.78 is 5.30. The van der Waals surface area contributed by atoms with Crippen LogP contribution in [0.2, 0.25) is 0 Å². The van der Waals surface area contributed by atoms with Crippen LogP contribution in [0.3, 0.4) is 0 Å². The number of carbonyl (C=O) groups is 3. The topological polar surface area (TPSA) is 109 Å². The average molecular weight is 435 g/mol. The molecule has 3 N–H and O–H groups in total. The maximum absolute atomic E-state index is 12.4. The van der Waals surface area contributed by atoms with Gasteiger partial charge in [-0.15, -0.1) is 11.3 Å². The van der Waals surface area contributed by atoms with Crippen LogP contribution in [0.5, 0.6) is 0 Å². The van der Waals surface area contributed by atoms with Crippen LogP contribution in [0.1, 0.15) is 12.6 Å². The molecule has 144 valence electrons. The van der Waals surface area contributed by atoms with Gasteiger partial charge in [-0.25, -0.2) is 14.6 Å². The summed E-state index contributed by atoms with van der Waals surface area (Å²) in [7, 11) is 0. The molecule has 0 saturated carbocycles. The number of hydrogen-bond donors (Lipinski definition) is 3. The summed E-state index contributed by atoms with van der Waals surface area (Å²) in [5, 5.41) is 9.55. The van der Waals surface area contributed by atoms with Gasteiger partial charge in [0.2, 0.25) is 0 Å². The van der Waals surface area contributed by atoms with E-state index < -0.39 is 17.9 Å². The van der Waals surface area contributed by atoms with E-state index in [0.29, 0.717) is 5.69 Å². The first-order valence-electron chi connectivity index (χ1n) is 8.01. The molecule has 3 rings (SSSR count). The summed E-state index contributed by atoms with van der Waals surface area (Å²) in [6, 6.07) is 8.44. The fraction of sp³-hybridized carbons (Fsp3) is 0.118. The lowest BCUT2D eigenvalue weighted by molar-refractivity contribution is -0.136. The van der Waals surface area contributed by atoms with Gasteiger partial charge in [-0.05, 0) is 19.1 Å². The third-order valence-electron chi connectivity index (χ3n) is 3.34. The maximum atomic E-state index is 12.4. The number of aromatic nitrogens is 1. The smallest absolute Gasteiger partial charge is 0.341 e. The zero-order valence-electron chi connectivity index (χ0n) is 14.5. The van der Waals surface area contributed by atoms with E-state index in [1.54, 1.807) is 36.6 Å². The van der Waals surface area contributed by atoms with E-state index in [0.717, 1.165) is 23.1 Å². The highest BCUT2D eigenvalue weighted by atomic mass is 32.2. The quantitative estimate of drug-likeness (QED) is 0.377. The standard InChI is InChI=1S/C17H14N4O4S3/c1-2-25-14(23)11(12-13(22)20-17(26)28-12)10-8-27-16(19-10)21-15(24)18-9-6-4-3-5-7-9/h3-8H,2H2,1H3,(H,20,22,26)(H2,18,19,21,24)/b12-11-. The largest absolute Gasteiger partial charge is 0.462 e. The minimum absolute atomic E-state index is 0.0111. The van der Waals surface area contributed by atoms with Crippen LogP contribution in [0.25, 0.3) is 5.57 Å². The monoisotopic (exact) mass is 434 g/mol. The molecule has 0 aliphatic carbocycles. The second kappa shape index (κ2) is 8.95. The van der Waals surface area contributed by atoms with E-state index in [4.69, 9.17) is 17.0 Å². The number of amides is 3. The Hall–Kier alpha value is -2.76. The number of carbonyl (C=O) groups excluding carboxylic acids is 3. The number of rotatable bonds is 5. The van der Waals surface area contributed by atoms with Crippen LogP contribution in [-0.2, 0) is 14.3 Å². The number of thiazole rings is 1. The lowest BCUT2D eigenvalue weighted by atomic mass is 10.2. The number of thiocarbonyl (C=S) groups is 1. The Balaban J connectivity index is 1.82. The normalized spacial score (nSPS) is 15.0. The van der Waals surface area contributed by atoms with Crippen LogP contribution in [0, 0.1) is 0 Å². The maximum Gasteiger partial charge on any atom is 0.341 e. The first kappa shape index (κ1) is 20.0. The molecule has 1 aromatic heterocycles. The molecule has 1 fully saturated rings. The molecule has 11 heteroatoms. The summed E-state index contributed by atoms with van der Waals surface area (Å²) in [6.45, 7) is 1.80. The van der Waals surface area contributed by atoms with E-state index in [2.05, 4.69) is 20.9 Å². The molecule has 2 heterocycles. The number of urea groups is 1. The van der Waals surface area contributed by atoms with E-state index in [9.17, 15) is 14.4 Å². The Morgan fingerprint density at radius 2 is 2.00 bits per heavy atom. The second-order valence-corrected chi connectivity index (χ2v) is 7.80. The molecule has 8 nitrogen and oxygen atoms in total. The summed E-state index contributed by atoms with van der Waals surface area (Å²) in [5.74, 6) is -1.17. The van der Waals surface area contributed by atoms with E-state index in [1.165, 1.54) is 0 Å². The van der Waals surface area contributed by atoms with E-state index in [1.807, 2.05) is 6.07 Å². The van der Waals surface area contributed by atoms with Crippen LogP contribution in [-0.4, -0.2) is 33.8 Å². The van der Waals surface area contributed by atoms with Crippen molar-refractivity contribution in [1.29, 1.82) is 0 Å². The predicted molar refractivity (Wildman–Crippen MR) is 113 cm³/mol. The van der Waals surface area contributed by atoms with E-state index in [-0.39, 0.29) is 32.2 Å². The van der Waals surface area contributed by atoms with Crippen molar-refractivity contribution >= 4 is 73.9 Å². The molecule has 1 aliphatic heterocycles. The minimum atomic E-state index is -0.685. The van der Waals surface area contributed by atoms with Gasteiger partial charge < -0.3 is 15.4 Å². The molecule has 28 heavy (non-hydrogen) atoms. The number of anilines is 2. The number of nitrogens with one attached hydrogen (secondary N) is 3. The Kier molecular flexibility index (Phi) is 6.39. The molecule has 0 spiro atoms. The number of hydrogen-bond acceptors (Lipinski definition) is 8. The third kappa shape index (κ3) is 4.74. The number of esters is 1. The van der Waals surface area contributed by atoms with Gasteiger partial charge in [0.05, 0.1) is 17.2 Å². The average Bonchev–Trinajstić information content (AvgIpc) is 3.23. The van der Waals surface area contributed by atoms with Crippen molar-refractivity contribution in [2.24, 2.45) is 0 Å². The van der Waals surface area contributed by atoms with Gasteiger partial charge in [-0.1, -0.05) is 42.2 Å². The predicted octanol–water partition coefficient (Wildman–Crippen LogP) is 3.21. The SMILES string of the molecule is CCOC(=O)/C(=C1\SC(=S)NC1=O)c1csc(NC(=O)Nc2ccccc2)n1. The van der Waals surface area contributed by atoms with Crippen molar-refractivity contribution in [3.05, 3.63) is 46.3 Å². The molecule has 3 amide bonds. The highest BCUT2D eigenvalue weighted by molar-refractivity contribution is 8.27. The number of benzene rings is 1. The number of para-hydroxylation sites is 1. The Labute approximate surface area is 173 Å². The van der Waals surface area contributed by atoms with Crippen LogP contribution in [0.4, 0.5) is 15.6 Å². The molecule has 2 aromatic rings. The molecule has 0 unspecified atom stereocenters. The number of nitrogens with zero attached hydrogens (tertiary/aromatic N) is 1.